The molecule has 0 saturated heterocycles. The SMILES string of the molecule is CCNC(C)c1oc2cc(OC)c(OC)c(OC)c2c1C. The zero-order chi connectivity index (χ0) is 15.6. The summed E-state index contributed by atoms with van der Waals surface area (Å²) in [4.78, 5) is 0. The molecule has 1 N–H and O–H groups in total. The fourth-order valence-corrected chi connectivity index (χ4v) is 2.70. The first-order valence-electron chi connectivity index (χ1n) is 7.04. The summed E-state index contributed by atoms with van der Waals surface area (Å²) in [5, 5.41) is 4.29. The van der Waals surface area contributed by atoms with E-state index in [0.717, 1.165) is 28.8 Å². The average molecular weight is 293 g/mol. The summed E-state index contributed by atoms with van der Waals surface area (Å²) in [7, 11) is 4.82. The number of rotatable bonds is 6. The summed E-state index contributed by atoms with van der Waals surface area (Å²) in [5.74, 6) is 2.72. The molecule has 1 aromatic carbocycles. The number of hydrogen-bond donors (Lipinski definition) is 1. The third-order valence-electron chi connectivity index (χ3n) is 3.66. The maximum absolute atomic E-state index is 6.02. The molecule has 0 fully saturated rings. The molecule has 0 aliphatic heterocycles. The van der Waals surface area contributed by atoms with Crippen LogP contribution in [-0.4, -0.2) is 27.9 Å². The van der Waals surface area contributed by atoms with Gasteiger partial charge in [-0.25, -0.2) is 0 Å². The molecule has 0 aliphatic carbocycles. The predicted molar refractivity (Wildman–Crippen MR) is 82.7 cm³/mol. The van der Waals surface area contributed by atoms with Crippen molar-refractivity contribution < 1.29 is 18.6 Å². The second-order valence-corrected chi connectivity index (χ2v) is 4.89. The average Bonchev–Trinajstić information content (AvgIpc) is 2.82. The fourth-order valence-electron chi connectivity index (χ4n) is 2.70. The maximum Gasteiger partial charge on any atom is 0.204 e. The third kappa shape index (κ3) is 2.53. The Labute approximate surface area is 125 Å². The van der Waals surface area contributed by atoms with E-state index in [1.54, 1.807) is 21.3 Å². The Kier molecular flexibility index (Phi) is 4.63. The van der Waals surface area contributed by atoms with Crippen LogP contribution >= 0.6 is 0 Å². The zero-order valence-corrected chi connectivity index (χ0v) is 13.5. The monoisotopic (exact) mass is 293 g/mol. The molecule has 1 unspecified atom stereocenters. The lowest BCUT2D eigenvalue weighted by Gasteiger charge is -2.12. The molecule has 0 bridgehead atoms. The molecule has 2 aromatic rings. The summed E-state index contributed by atoms with van der Waals surface area (Å²) in [5.41, 5.74) is 1.79. The zero-order valence-electron chi connectivity index (χ0n) is 13.5. The van der Waals surface area contributed by atoms with E-state index in [4.69, 9.17) is 18.6 Å². The van der Waals surface area contributed by atoms with Gasteiger partial charge in [-0.05, 0) is 20.4 Å². The Morgan fingerprint density at radius 2 is 1.81 bits per heavy atom. The van der Waals surface area contributed by atoms with Crippen LogP contribution in [0, 0.1) is 6.92 Å². The number of aryl methyl sites for hydroxylation is 1. The van der Waals surface area contributed by atoms with E-state index in [-0.39, 0.29) is 6.04 Å². The van der Waals surface area contributed by atoms with E-state index in [0.29, 0.717) is 17.2 Å². The topological polar surface area (TPSA) is 52.9 Å². The molecule has 1 atom stereocenters. The van der Waals surface area contributed by atoms with Crippen LogP contribution < -0.4 is 19.5 Å². The van der Waals surface area contributed by atoms with Gasteiger partial charge in [0.1, 0.15) is 11.3 Å². The smallest absolute Gasteiger partial charge is 0.204 e. The first-order valence-corrected chi connectivity index (χ1v) is 7.04. The fraction of sp³-hybridized carbons (Fsp3) is 0.500. The number of ether oxygens (including phenoxy) is 3. The molecule has 0 aliphatic rings. The Morgan fingerprint density at radius 1 is 1.14 bits per heavy atom. The van der Waals surface area contributed by atoms with Crippen LogP contribution in [0.1, 0.15) is 31.2 Å². The molecular formula is C16H23NO4. The molecule has 116 valence electrons. The second kappa shape index (κ2) is 6.26. The Hall–Kier alpha value is -1.88. The van der Waals surface area contributed by atoms with Crippen molar-refractivity contribution in [2.75, 3.05) is 27.9 Å². The largest absolute Gasteiger partial charge is 0.493 e. The molecule has 5 nitrogen and oxygen atoms in total. The minimum atomic E-state index is 0.129. The molecule has 1 aromatic heterocycles. The number of methoxy groups -OCH3 is 3. The number of benzene rings is 1. The first-order chi connectivity index (χ1) is 10.1. The summed E-state index contributed by atoms with van der Waals surface area (Å²) in [6.45, 7) is 7.06. The Balaban J connectivity index is 2.73. The number of fused-ring (bicyclic) bond motifs is 1. The van der Waals surface area contributed by atoms with Gasteiger partial charge in [0, 0.05) is 11.6 Å². The lowest BCUT2D eigenvalue weighted by atomic mass is 10.1. The summed E-state index contributed by atoms with van der Waals surface area (Å²) in [6.07, 6.45) is 0. The van der Waals surface area contributed by atoms with Gasteiger partial charge >= 0.3 is 0 Å². The predicted octanol–water partition coefficient (Wildman–Crippen LogP) is 3.44. The Morgan fingerprint density at radius 3 is 2.33 bits per heavy atom. The first kappa shape index (κ1) is 15.5. The standard InChI is InChI=1S/C16H23NO4/c1-7-17-10(3)14-9(2)13-11(21-14)8-12(18-4)15(19-5)16(13)20-6/h8,10,17H,7H2,1-6H3. The van der Waals surface area contributed by atoms with E-state index in [2.05, 4.69) is 19.2 Å². The van der Waals surface area contributed by atoms with Crippen molar-refractivity contribution in [1.29, 1.82) is 0 Å². The third-order valence-corrected chi connectivity index (χ3v) is 3.66. The van der Waals surface area contributed by atoms with Crippen LogP contribution in [0.5, 0.6) is 17.2 Å². The van der Waals surface area contributed by atoms with E-state index in [1.165, 1.54) is 0 Å². The summed E-state index contributed by atoms with van der Waals surface area (Å²) >= 11 is 0. The van der Waals surface area contributed by atoms with Gasteiger partial charge in [0.25, 0.3) is 0 Å². The Bertz CT molecular complexity index is 633. The van der Waals surface area contributed by atoms with Crippen molar-refractivity contribution in [1.82, 2.24) is 5.32 Å². The summed E-state index contributed by atoms with van der Waals surface area (Å²) < 4.78 is 22.4. The lowest BCUT2D eigenvalue weighted by Crippen LogP contribution is -2.17. The molecule has 21 heavy (non-hydrogen) atoms. The van der Waals surface area contributed by atoms with Crippen LogP contribution in [0.15, 0.2) is 10.5 Å². The van der Waals surface area contributed by atoms with Crippen molar-refractivity contribution >= 4 is 11.0 Å². The van der Waals surface area contributed by atoms with Gasteiger partial charge in [0.15, 0.2) is 11.5 Å². The number of hydrogen-bond acceptors (Lipinski definition) is 5. The summed E-state index contributed by atoms with van der Waals surface area (Å²) in [6, 6.07) is 1.97. The molecule has 0 amide bonds. The second-order valence-electron chi connectivity index (χ2n) is 4.89. The van der Waals surface area contributed by atoms with Crippen LogP contribution in [0.3, 0.4) is 0 Å². The van der Waals surface area contributed by atoms with Crippen LogP contribution in [0.2, 0.25) is 0 Å². The molecule has 0 saturated carbocycles. The molecule has 2 rings (SSSR count). The van der Waals surface area contributed by atoms with Crippen molar-refractivity contribution in [3.63, 3.8) is 0 Å². The minimum Gasteiger partial charge on any atom is -0.493 e. The van der Waals surface area contributed by atoms with Crippen LogP contribution in [-0.2, 0) is 0 Å². The highest BCUT2D eigenvalue weighted by Crippen LogP contribution is 2.46. The van der Waals surface area contributed by atoms with Gasteiger partial charge in [-0.1, -0.05) is 6.92 Å². The molecule has 0 spiro atoms. The van der Waals surface area contributed by atoms with Gasteiger partial charge in [-0.15, -0.1) is 0 Å². The van der Waals surface area contributed by atoms with E-state index in [1.807, 2.05) is 13.0 Å². The van der Waals surface area contributed by atoms with Gasteiger partial charge in [0.2, 0.25) is 5.75 Å². The van der Waals surface area contributed by atoms with E-state index >= 15 is 0 Å². The number of nitrogens with one attached hydrogen (secondary N) is 1. The van der Waals surface area contributed by atoms with Gasteiger partial charge in [-0.3, -0.25) is 0 Å². The van der Waals surface area contributed by atoms with Crippen molar-refractivity contribution in [2.45, 2.75) is 26.8 Å². The van der Waals surface area contributed by atoms with Gasteiger partial charge in [-0.2, -0.15) is 0 Å². The van der Waals surface area contributed by atoms with Gasteiger partial charge in [0.05, 0.1) is 32.8 Å². The van der Waals surface area contributed by atoms with E-state index in [9.17, 15) is 0 Å². The molecule has 0 radical (unpaired) electrons. The van der Waals surface area contributed by atoms with Crippen molar-refractivity contribution in [2.24, 2.45) is 0 Å². The number of furan rings is 1. The van der Waals surface area contributed by atoms with Crippen molar-refractivity contribution in [3.05, 3.63) is 17.4 Å². The quantitative estimate of drug-likeness (QED) is 0.884. The van der Waals surface area contributed by atoms with E-state index < -0.39 is 0 Å². The van der Waals surface area contributed by atoms with Crippen LogP contribution in [0.4, 0.5) is 0 Å². The lowest BCUT2D eigenvalue weighted by molar-refractivity contribution is 0.326. The van der Waals surface area contributed by atoms with Crippen molar-refractivity contribution in [3.8, 4) is 17.2 Å². The van der Waals surface area contributed by atoms with Gasteiger partial charge < -0.3 is 23.9 Å². The molecule has 1 heterocycles. The normalized spacial score (nSPS) is 12.5. The highest BCUT2D eigenvalue weighted by Gasteiger charge is 2.24. The molecule has 5 heteroatoms. The van der Waals surface area contributed by atoms with Crippen LogP contribution in [0.25, 0.3) is 11.0 Å². The highest BCUT2D eigenvalue weighted by molar-refractivity contribution is 5.93. The highest BCUT2D eigenvalue weighted by atomic mass is 16.5. The maximum atomic E-state index is 6.02. The minimum absolute atomic E-state index is 0.129. The molecular weight excluding hydrogens is 270 g/mol.